The van der Waals surface area contributed by atoms with Crippen molar-refractivity contribution in [2.24, 2.45) is 10.2 Å². The lowest BCUT2D eigenvalue weighted by molar-refractivity contribution is -0.301. The van der Waals surface area contributed by atoms with Crippen molar-refractivity contribution in [2.75, 3.05) is 11.5 Å². The number of carboxylic acid groups (broad SMARTS) is 1. The van der Waals surface area contributed by atoms with Crippen molar-refractivity contribution >= 4 is 52.1 Å². The average Bonchev–Trinajstić information content (AvgIpc) is 3.35. The van der Waals surface area contributed by atoms with Crippen molar-refractivity contribution in [3.8, 4) is 0 Å². The van der Waals surface area contributed by atoms with E-state index in [1.54, 1.807) is 0 Å². The predicted molar refractivity (Wildman–Crippen MR) is 102 cm³/mol. The number of nitrogens with zero attached hydrogens (tertiary/aromatic N) is 7. The van der Waals surface area contributed by atoms with Crippen molar-refractivity contribution < 1.29 is 19.5 Å². The van der Waals surface area contributed by atoms with Crippen LogP contribution in [0.1, 0.15) is 13.3 Å². The van der Waals surface area contributed by atoms with Crippen molar-refractivity contribution in [3.63, 3.8) is 0 Å². The molecule has 0 spiro atoms. The van der Waals surface area contributed by atoms with E-state index in [1.807, 2.05) is 6.92 Å². The van der Waals surface area contributed by atoms with Crippen LogP contribution < -0.4 is 10.4 Å². The summed E-state index contributed by atoms with van der Waals surface area (Å²) in [6.45, 7) is 1.74. The number of carboxylic acids is 1. The number of carbonyl (C=O) groups excluding carboxylic acids is 3. The molecular formula is C15H15N8O4S2-. The van der Waals surface area contributed by atoms with Crippen molar-refractivity contribution in [2.45, 2.75) is 31.3 Å². The van der Waals surface area contributed by atoms with E-state index in [9.17, 15) is 19.5 Å². The Morgan fingerprint density at radius 3 is 2.90 bits per heavy atom. The number of fused-ring (bicyclic) bond motifs is 1. The molecule has 3 aliphatic rings. The fourth-order valence-electron chi connectivity index (χ4n) is 3.08. The molecule has 14 heteroatoms. The number of carbonyl (C=O) groups is 3. The van der Waals surface area contributed by atoms with E-state index in [0.717, 1.165) is 10.8 Å². The lowest BCUT2D eigenvalue weighted by atomic mass is 10.0. The van der Waals surface area contributed by atoms with E-state index in [4.69, 9.17) is 0 Å². The van der Waals surface area contributed by atoms with Crippen LogP contribution >= 0.6 is 23.5 Å². The van der Waals surface area contributed by atoms with Gasteiger partial charge in [-0.25, -0.2) is 4.68 Å². The molecule has 2 unspecified atom stereocenters. The third kappa shape index (κ3) is 3.89. The second-order valence-corrected chi connectivity index (χ2v) is 8.65. The number of hydrogen-bond acceptors (Lipinski definition) is 11. The van der Waals surface area contributed by atoms with Crippen LogP contribution in [0.5, 0.6) is 0 Å². The van der Waals surface area contributed by atoms with Crippen LogP contribution in [-0.2, 0) is 20.9 Å². The Labute approximate surface area is 172 Å². The van der Waals surface area contributed by atoms with Crippen LogP contribution in [0.25, 0.3) is 0 Å². The number of thioether (sulfide) groups is 2. The first-order valence-corrected chi connectivity index (χ1v) is 10.6. The highest BCUT2D eigenvalue weighted by Gasteiger charge is 2.52. The largest absolute Gasteiger partial charge is 0.543 e. The summed E-state index contributed by atoms with van der Waals surface area (Å²) in [7, 11) is 0. The van der Waals surface area contributed by atoms with Crippen LogP contribution in [0.2, 0.25) is 0 Å². The van der Waals surface area contributed by atoms with Crippen LogP contribution in [0.15, 0.2) is 27.8 Å². The second-order valence-electron chi connectivity index (χ2n) is 6.50. The van der Waals surface area contributed by atoms with Gasteiger partial charge in [-0.1, -0.05) is 0 Å². The highest BCUT2D eigenvalue weighted by molar-refractivity contribution is 8.14. The fourth-order valence-corrected chi connectivity index (χ4v) is 5.55. The van der Waals surface area contributed by atoms with Crippen LogP contribution in [0, 0.1) is 0 Å². The maximum Gasteiger partial charge on any atom is 0.253 e. The molecule has 4 heterocycles. The molecule has 1 fully saturated rings. The minimum Gasteiger partial charge on any atom is -0.543 e. The highest BCUT2D eigenvalue weighted by Crippen LogP contribution is 2.41. The summed E-state index contributed by atoms with van der Waals surface area (Å²) in [4.78, 5) is 37.6. The van der Waals surface area contributed by atoms with Gasteiger partial charge in [0.05, 0.1) is 11.7 Å². The Balaban J connectivity index is 1.41. The van der Waals surface area contributed by atoms with Gasteiger partial charge in [0.25, 0.3) is 5.91 Å². The van der Waals surface area contributed by atoms with Gasteiger partial charge in [-0.15, -0.1) is 33.7 Å². The summed E-state index contributed by atoms with van der Waals surface area (Å²) >= 11 is 2.80. The van der Waals surface area contributed by atoms with E-state index in [-0.39, 0.29) is 12.2 Å². The summed E-state index contributed by atoms with van der Waals surface area (Å²) < 4.78 is 1.23. The Bertz CT molecular complexity index is 958. The van der Waals surface area contributed by atoms with Gasteiger partial charge in [0, 0.05) is 23.6 Å². The van der Waals surface area contributed by atoms with E-state index in [2.05, 4.69) is 31.0 Å². The molecule has 2 amide bonds. The topological polar surface area (TPSA) is 158 Å². The average molecular weight is 435 g/mol. The molecule has 1 saturated heterocycles. The molecule has 0 aromatic carbocycles. The Hall–Kier alpha value is -2.74. The molecule has 29 heavy (non-hydrogen) atoms. The normalized spacial score (nSPS) is 23.3. The standard InChI is InChI=1S/C15H16N8O4S2/c1-7-2-10(19-18-7)28-4-8-5-29-14-11(13(25)23(14)12(8)15(26)27)17-9(24)3-22-6-16-20-21-22/h6,11,14H,2-5H2,1H3,(H,17,24)(H,26,27)/p-1. The molecule has 0 aliphatic carbocycles. The first-order valence-electron chi connectivity index (χ1n) is 8.55. The molecule has 3 aliphatic heterocycles. The summed E-state index contributed by atoms with van der Waals surface area (Å²) in [6, 6.07) is -0.803. The Morgan fingerprint density at radius 2 is 2.24 bits per heavy atom. The van der Waals surface area contributed by atoms with E-state index < -0.39 is 29.2 Å². The number of amides is 2. The second kappa shape index (κ2) is 7.94. The van der Waals surface area contributed by atoms with Crippen LogP contribution in [0.4, 0.5) is 0 Å². The zero-order valence-corrected chi connectivity index (χ0v) is 16.8. The molecule has 1 aromatic heterocycles. The van der Waals surface area contributed by atoms with Crippen molar-refractivity contribution in [1.29, 1.82) is 0 Å². The predicted octanol–water partition coefficient (Wildman–Crippen LogP) is -2.01. The fraction of sp³-hybridized carbons (Fsp3) is 0.467. The van der Waals surface area contributed by atoms with Crippen LogP contribution in [-0.4, -0.2) is 76.6 Å². The van der Waals surface area contributed by atoms with Gasteiger partial charge in [-0.3, -0.25) is 14.5 Å². The zero-order chi connectivity index (χ0) is 20.5. The first-order chi connectivity index (χ1) is 13.9. The van der Waals surface area contributed by atoms with Gasteiger partial charge in [0.1, 0.15) is 29.3 Å². The molecular weight excluding hydrogens is 420 g/mol. The number of tetrazole rings is 1. The molecule has 4 rings (SSSR count). The minimum absolute atomic E-state index is 0.117. The summed E-state index contributed by atoms with van der Waals surface area (Å²) in [5.74, 6) is -1.53. The smallest absolute Gasteiger partial charge is 0.253 e. The Morgan fingerprint density at radius 1 is 1.41 bits per heavy atom. The quantitative estimate of drug-likeness (QED) is 0.498. The maximum atomic E-state index is 12.6. The third-order valence-electron chi connectivity index (χ3n) is 4.41. The van der Waals surface area contributed by atoms with Crippen LogP contribution in [0.3, 0.4) is 0 Å². The first kappa shape index (κ1) is 19.6. The van der Waals surface area contributed by atoms with Gasteiger partial charge in [-0.05, 0) is 22.9 Å². The minimum atomic E-state index is -1.40. The molecule has 0 bridgehead atoms. The Kier molecular flexibility index (Phi) is 5.36. The van der Waals surface area contributed by atoms with E-state index >= 15 is 0 Å². The SMILES string of the molecule is CC1=NN=C(SCC2=C(C(=O)[O-])N3C(=O)C(NC(=O)Cn4cnnn4)C3SC2)C1. The van der Waals surface area contributed by atoms with E-state index in [0.29, 0.717) is 23.5 Å². The summed E-state index contributed by atoms with van der Waals surface area (Å²) in [5.41, 5.74) is 1.38. The highest BCUT2D eigenvalue weighted by atomic mass is 32.2. The number of aromatic nitrogens is 4. The van der Waals surface area contributed by atoms with E-state index in [1.165, 1.54) is 39.4 Å². The maximum absolute atomic E-state index is 12.6. The zero-order valence-electron chi connectivity index (χ0n) is 15.1. The number of β-lactam (4-membered cyclic amide) rings is 1. The molecule has 0 saturated carbocycles. The molecule has 1 N–H and O–H groups in total. The summed E-state index contributed by atoms with van der Waals surface area (Å²) in [5, 5.41) is 33.1. The van der Waals surface area contributed by atoms with Gasteiger partial charge in [0.2, 0.25) is 5.91 Å². The molecule has 1 aromatic rings. The van der Waals surface area contributed by atoms with Gasteiger partial charge in [0.15, 0.2) is 0 Å². The van der Waals surface area contributed by atoms with Gasteiger partial charge in [-0.2, -0.15) is 5.10 Å². The van der Waals surface area contributed by atoms with Crippen molar-refractivity contribution in [1.82, 2.24) is 30.4 Å². The molecule has 2 atom stereocenters. The van der Waals surface area contributed by atoms with Gasteiger partial charge < -0.3 is 15.2 Å². The number of rotatable bonds is 6. The van der Waals surface area contributed by atoms with Gasteiger partial charge >= 0.3 is 0 Å². The molecule has 152 valence electrons. The van der Waals surface area contributed by atoms with Crippen molar-refractivity contribution in [3.05, 3.63) is 17.6 Å². The molecule has 12 nitrogen and oxygen atoms in total. The number of hydrogen-bond donors (Lipinski definition) is 1. The lowest BCUT2D eigenvalue weighted by Gasteiger charge is -2.50. The molecule has 0 radical (unpaired) electrons. The third-order valence-corrected chi connectivity index (χ3v) is 6.80. The number of nitrogens with one attached hydrogen (secondary N) is 1. The lowest BCUT2D eigenvalue weighted by Crippen LogP contribution is -2.71. The number of aliphatic carboxylic acids is 1. The summed E-state index contributed by atoms with van der Waals surface area (Å²) in [6.07, 6.45) is 1.93. The monoisotopic (exact) mass is 435 g/mol.